The van der Waals surface area contributed by atoms with Gasteiger partial charge in [-0.25, -0.2) is 0 Å². The van der Waals surface area contributed by atoms with Crippen molar-refractivity contribution in [2.45, 2.75) is 25.8 Å². The first kappa shape index (κ1) is 11.5. The Morgan fingerprint density at radius 1 is 1.57 bits per heavy atom. The number of carboxylic acids is 1. The van der Waals surface area contributed by atoms with Crippen LogP contribution in [-0.4, -0.2) is 48.7 Å². The summed E-state index contributed by atoms with van der Waals surface area (Å²) >= 11 is 0. The summed E-state index contributed by atoms with van der Waals surface area (Å²) < 4.78 is 0. The van der Waals surface area contributed by atoms with E-state index in [1.165, 1.54) is 0 Å². The predicted octanol–water partition coefficient (Wildman–Crippen LogP) is 0.391. The SMILES string of the molecule is CCCN1CC(NC)CC(C(=O)O)C1. The summed E-state index contributed by atoms with van der Waals surface area (Å²) in [6, 6.07) is 0.330. The molecule has 0 spiro atoms. The molecule has 0 aliphatic carbocycles. The fourth-order valence-corrected chi connectivity index (χ4v) is 2.08. The Morgan fingerprint density at radius 3 is 2.79 bits per heavy atom. The molecule has 0 bridgehead atoms. The standard InChI is InChI=1S/C10H20N2O2/c1-3-4-12-6-8(10(13)14)5-9(7-12)11-2/h8-9,11H,3-7H2,1-2H3,(H,13,14). The van der Waals surface area contributed by atoms with Crippen LogP contribution in [0.1, 0.15) is 19.8 Å². The van der Waals surface area contributed by atoms with Crippen LogP contribution in [0.15, 0.2) is 0 Å². The molecule has 0 radical (unpaired) electrons. The Balaban J connectivity index is 2.52. The van der Waals surface area contributed by atoms with Gasteiger partial charge in [0.1, 0.15) is 0 Å². The predicted molar refractivity (Wildman–Crippen MR) is 55.3 cm³/mol. The number of rotatable bonds is 4. The zero-order chi connectivity index (χ0) is 10.6. The molecule has 4 heteroatoms. The molecule has 0 saturated carbocycles. The number of aliphatic carboxylic acids is 1. The molecule has 4 nitrogen and oxygen atoms in total. The van der Waals surface area contributed by atoms with Crippen LogP contribution in [0.25, 0.3) is 0 Å². The van der Waals surface area contributed by atoms with Gasteiger partial charge in [0, 0.05) is 19.1 Å². The second-order valence-corrected chi connectivity index (χ2v) is 4.02. The fourth-order valence-electron chi connectivity index (χ4n) is 2.08. The van der Waals surface area contributed by atoms with Gasteiger partial charge >= 0.3 is 5.97 Å². The highest BCUT2D eigenvalue weighted by atomic mass is 16.4. The highest BCUT2D eigenvalue weighted by Gasteiger charge is 2.30. The number of nitrogens with zero attached hydrogens (tertiary/aromatic N) is 1. The van der Waals surface area contributed by atoms with Gasteiger partial charge in [-0.2, -0.15) is 0 Å². The molecule has 1 heterocycles. The Kier molecular flexibility index (Phi) is 4.35. The zero-order valence-corrected chi connectivity index (χ0v) is 8.99. The van der Waals surface area contributed by atoms with Gasteiger partial charge in [0.05, 0.1) is 5.92 Å². The molecule has 0 aromatic heterocycles. The highest BCUT2D eigenvalue weighted by molar-refractivity contribution is 5.70. The first-order valence-electron chi connectivity index (χ1n) is 5.29. The summed E-state index contributed by atoms with van der Waals surface area (Å²) in [5.41, 5.74) is 0. The van der Waals surface area contributed by atoms with E-state index in [9.17, 15) is 4.79 Å². The minimum Gasteiger partial charge on any atom is -0.481 e. The molecule has 1 saturated heterocycles. The monoisotopic (exact) mass is 200 g/mol. The highest BCUT2D eigenvalue weighted by Crippen LogP contribution is 2.17. The lowest BCUT2D eigenvalue weighted by atomic mass is 9.94. The van der Waals surface area contributed by atoms with Crippen LogP contribution in [0.2, 0.25) is 0 Å². The molecule has 1 aliphatic heterocycles. The van der Waals surface area contributed by atoms with E-state index >= 15 is 0 Å². The topological polar surface area (TPSA) is 52.6 Å². The number of likely N-dealkylation sites (N-methyl/N-ethyl adjacent to an activating group) is 1. The van der Waals surface area contributed by atoms with Gasteiger partial charge in [-0.15, -0.1) is 0 Å². The minimum absolute atomic E-state index is 0.201. The summed E-state index contributed by atoms with van der Waals surface area (Å²) in [6.07, 6.45) is 1.84. The van der Waals surface area contributed by atoms with Crippen molar-refractivity contribution >= 4 is 5.97 Å². The molecular formula is C10H20N2O2. The Bertz CT molecular complexity index is 197. The van der Waals surface area contributed by atoms with Crippen molar-refractivity contribution in [3.63, 3.8) is 0 Å². The van der Waals surface area contributed by atoms with E-state index in [1.54, 1.807) is 0 Å². The molecule has 14 heavy (non-hydrogen) atoms. The Hall–Kier alpha value is -0.610. The first-order chi connectivity index (χ1) is 6.67. The number of piperidine rings is 1. The van der Waals surface area contributed by atoms with E-state index in [4.69, 9.17) is 5.11 Å². The van der Waals surface area contributed by atoms with Gasteiger partial charge in [0.2, 0.25) is 0 Å². The van der Waals surface area contributed by atoms with Crippen LogP contribution in [0.3, 0.4) is 0 Å². The molecule has 0 aromatic carbocycles. The van der Waals surface area contributed by atoms with Gasteiger partial charge in [-0.05, 0) is 26.4 Å². The van der Waals surface area contributed by atoms with E-state index in [2.05, 4.69) is 17.1 Å². The van der Waals surface area contributed by atoms with Gasteiger partial charge in [-0.1, -0.05) is 6.92 Å². The first-order valence-corrected chi connectivity index (χ1v) is 5.29. The van der Waals surface area contributed by atoms with E-state index in [1.807, 2.05) is 7.05 Å². The molecule has 0 aromatic rings. The van der Waals surface area contributed by atoms with Gasteiger partial charge in [0.15, 0.2) is 0 Å². The van der Waals surface area contributed by atoms with Crippen LogP contribution < -0.4 is 5.32 Å². The molecule has 82 valence electrons. The summed E-state index contributed by atoms with van der Waals surface area (Å²) in [4.78, 5) is 13.2. The quantitative estimate of drug-likeness (QED) is 0.689. The molecule has 2 atom stereocenters. The zero-order valence-electron chi connectivity index (χ0n) is 8.99. The maximum atomic E-state index is 10.9. The lowest BCUT2D eigenvalue weighted by Crippen LogP contribution is -2.50. The maximum Gasteiger partial charge on any atom is 0.307 e. The smallest absolute Gasteiger partial charge is 0.307 e. The van der Waals surface area contributed by atoms with E-state index < -0.39 is 5.97 Å². The fraction of sp³-hybridized carbons (Fsp3) is 0.900. The second kappa shape index (κ2) is 5.32. The maximum absolute atomic E-state index is 10.9. The third kappa shape index (κ3) is 2.96. The van der Waals surface area contributed by atoms with Crippen molar-refractivity contribution in [3.05, 3.63) is 0 Å². The second-order valence-electron chi connectivity index (χ2n) is 4.02. The summed E-state index contributed by atoms with van der Waals surface area (Å²) in [5, 5.41) is 12.2. The average Bonchev–Trinajstić information content (AvgIpc) is 2.17. The van der Waals surface area contributed by atoms with Crippen molar-refractivity contribution in [1.82, 2.24) is 10.2 Å². The van der Waals surface area contributed by atoms with Crippen molar-refractivity contribution < 1.29 is 9.90 Å². The molecule has 2 unspecified atom stereocenters. The lowest BCUT2D eigenvalue weighted by Gasteiger charge is -2.35. The molecule has 2 N–H and O–H groups in total. The summed E-state index contributed by atoms with van der Waals surface area (Å²) in [6.45, 7) is 4.82. The number of carboxylic acid groups (broad SMARTS) is 1. The number of likely N-dealkylation sites (tertiary alicyclic amines) is 1. The van der Waals surface area contributed by atoms with Crippen LogP contribution in [-0.2, 0) is 4.79 Å². The normalized spacial score (nSPS) is 29.0. The number of hydrogen-bond donors (Lipinski definition) is 2. The van der Waals surface area contributed by atoms with E-state index in [0.717, 1.165) is 25.9 Å². The van der Waals surface area contributed by atoms with E-state index in [-0.39, 0.29) is 5.92 Å². The molecule has 0 amide bonds. The average molecular weight is 200 g/mol. The molecule has 1 fully saturated rings. The van der Waals surface area contributed by atoms with Crippen LogP contribution in [0.5, 0.6) is 0 Å². The van der Waals surface area contributed by atoms with Gasteiger partial charge < -0.3 is 15.3 Å². The van der Waals surface area contributed by atoms with E-state index in [0.29, 0.717) is 12.6 Å². The Labute approximate surface area is 85.3 Å². The van der Waals surface area contributed by atoms with Gasteiger partial charge in [0.25, 0.3) is 0 Å². The number of hydrogen-bond acceptors (Lipinski definition) is 3. The molecular weight excluding hydrogens is 180 g/mol. The van der Waals surface area contributed by atoms with Crippen LogP contribution in [0, 0.1) is 5.92 Å². The summed E-state index contributed by atoms with van der Waals surface area (Å²) in [7, 11) is 1.90. The largest absolute Gasteiger partial charge is 0.481 e. The third-order valence-electron chi connectivity index (χ3n) is 2.82. The van der Waals surface area contributed by atoms with Crippen LogP contribution in [0.4, 0.5) is 0 Å². The Morgan fingerprint density at radius 2 is 2.29 bits per heavy atom. The summed E-state index contributed by atoms with van der Waals surface area (Å²) in [5.74, 6) is -0.862. The lowest BCUT2D eigenvalue weighted by molar-refractivity contribution is -0.144. The van der Waals surface area contributed by atoms with Crippen molar-refractivity contribution in [2.24, 2.45) is 5.92 Å². The van der Waals surface area contributed by atoms with Crippen molar-refractivity contribution in [1.29, 1.82) is 0 Å². The third-order valence-corrected chi connectivity index (χ3v) is 2.82. The van der Waals surface area contributed by atoms with Gasteiger partial charge in [-0.3, -0.25) is 4.79 Å². The van der Waals surface area contributed by atoms with Crippen LogP contribution >= 0.6 is 0 Å². The number of nitrogens with one attached hydrogen (secondary N) is 1. The van der Waals surface area contributed by atoms with Crippen molar-refractivity contribution in [3.8, 4) is 0 Å². The molecule has 1 rings (SSSR count). The van der Waals surface area contributed by atoms with Crippen molar-refractivity contribution in [2.75, 3.05) is 26.7 Å². The number of carbonyl (C=O) groups is 1. The minimum atomic E-state index is -0.661. The molecule has 1 aliphatic rings.